The molecule has 5 heteroatoms. The van der Waals surface area contributed by atoms with Crippen molar-refractivity contribution in [3.05, 3.63) is 22.2 Å². The Labute approximate surface area is 134 Å². The molecule has 1 saturated carbocycles. The van der Waals surface area contributed by atoms with Gasteiger partial charge in [-0.2, -0.15) is 0 Å². The largest absolute Gasteiger partial charge is 0.503 e. The van der Waals surface area contributed by atoms with Crippen LogP contribution in [0.2, 0.25) is 0 Å². The second kappa shape index (κ2) is 6.55. The van der Waals surface area contributed by atoms with Gasteiger partial charge >= 0.3 is 0 Å². The summed E-state index contributed by atoms with van der Waals surface area (Å²) in [5.74, 6) is 0.714. The van der Waals surface area contributed by atoms with Gasteiger partial charge in [-0.15, -0.1) is 0 Å². The van der Waals surface area contributed by atoms with E-state index in [0.29, 0.717) is 16.3 Å². The van der Waals surface area contributed by atoms with Crippen molar-refractivity contribution in [2.24, 2.45) is 0 Å². The van der Waals surface area contributed by atoms with Crippen LogP contribution in [0.25, 0.3) is 0 Å². The quantitative estimate of drug-likeness (QED) is 0.824. The van der Waals surface area contributed by atoms with E-state index in [1.165, 1.54) is 31.2 Å². The number of methoxy groups -OCH3 is 1. The van der Waals surface area contributed by atoms with Gasteiger partial charge in [0.05, 0.1) is 11.6 Å². The molecule has 2 aliphatic rings. The Bertz CT molecular complexity index is 499. The molecule has 4 nitrogen and oxygen atoms in total. The molecule has 1 heterocycles. The molecule has 0 radical (unpaired) electrons. The van der Waals surface area contributed by atoms with Gasteiger partial charge in [0.2, 0.25) is 0 Å². The summed E-state index contributed by atoms with van der Waals surface area (Å²) in [6.45, 7) is 3.19. The van der Waals surface area contributed by atoms with Crippen LogP contribution in [0, 0.1) is 0 Å². The first-order valence-corrected chi connectivity index (χ1v) is 8.49. The van der Waals surface area contributed by atoms with Crippen LogP contribution in [0.15, 0.2) is 16.6 Å². The third kappa shape index (κ3) is 3.71. The maximum Gasteiger partial charge on any atom is 0.172 e. The van der Waals surface area contributed by atoms with Gasteiger partial charge in [0.15, 0.2) is 11.5 Å². The molecule has 1 unspecified atom stereocenters. The van der Waals surface area contributed by atoms with Crippen LogP contribution in [0.3, 0.4) is 0 Å². The summed E-state index contributed by atoms with van der Waals surface area (Å²) < 4.78 is 5.95. The zero-order chi connectivity index (χ0) is 14.8. The number of hydrogen-bond donors (Lipinski definition) is 2. The predicted octanol–water partition coefficient (Wildman–Crippen LogP) is 2.88. The molecule has 116 valence electrons. The molecule has 1 aliphatic heterocycles. The van der Waals surface area contributed by atoms with Gasteiger partial charge in [0.1, 0.15) is 0 Å². The average molecular weight is 355 g/mol. The Balaban J connectivity index is 1.71. The molecule has 1 aromatic rings. The average Bonchev–Trinajstić information content (AvgIpc) is 3.20. The summed E-state index contributed by atoms with van der Waals surface area (Å²) >= 11 is 3.41. The summed E-state index contributed by atoms with van der Waals surface area (Å²) in [6.07, 6.45) is 5.19. The third-order valence-electron chi connectivity index (χ3n) is 4.37. The van der Waals surface area contributed by atoms with Crippen LogP contribution in [-0.4, -0.2) is 42.3 Å². The van der Waals surface area contributed by atoms with Crippen molar-refractivity contribution >= 4 is 15.9 Å². The van der Waals surface area contributed by atoms with Crippen molar-refractivity contribution in [2.75, 3.05) is 20.2 Å². The van der Waals surface area contributed by atoms with E-state index in [-0.39, 0.29) is 5.75 Å². The van der Waals surface area contributed by atoms with Crippen molar-refractivity contribution in [2.45, 2.75) is 44.3 Å². The zero-order valence-corrected chi connectivity index (χ0v) is 14.0. The molecule has 0 amide bonds. The molecule has 2 N–H and O–H groups in total. The number of nitrogens with zero attached hydrogens (tertiary/aromatic N) is 1. The van der Waals surface area contributed by atoms with Gasteiger partial charge in [-0.1, -0.05) is 0 Å². The number of benzene rings is 1. The highest BCUT2D eigenvalue weighted by molar-refractivity contribution is 9.10. The monoisotopic (exact) mass is 354 g/mol. The lowest BCUT2D eigenvalue weighted by atomic mass is 10.1. The van der Waals surface area contributed by atoms with Crippen molar-refractivity contribution in [3.63, 3.8) is 0 Å². The molecule has 1 aliphatic carbocycles. The Kier molecular flexibility index (Phi) is 4.72. The van der Waals surface area contributed by atoms with E-state index < -0.39 is 0 Å². The minimum Gasteiger partial charge on any atom is -0.503 e. The van der Waals surface area contributed by atoms with Gasteiger partial charge < -0.3 is 15.2 Å². The molecule has 1 saturated heterocycles. The second-order valence-corrected chi connectivity index (χ2v) is 6.94. The number of rotatable bonds is 6. The summed E-state index contributed by atoms with van der Waals surface area (Å²) in [7, 11) is 1.59. The summed E-state index contributed by atoms with van der Waals surface area (Å²) in [5.41, 5.74) is 1.18. The maximum absolute atomic E-state index is 9.91. The van der Waals surface area contributed by atoms with E-state index in [9.17, 15) is 5.11 Å². The van der Waals surface area contributed by atoms with Gasteiger partial charge in [0, 0.05) is 25.2 Å². The van der Waals surface area contributed by atoms with E-state index in [1.54, 1.807) is 7.11 Å². The normalized spacial score (nSPS) is 22.0. The smallest absolute Gasteiger partial charge is 0.172 e. The number of nitrogens with one attached hydrogen (secondary N) is 1. The molecule has 0 bridgehead atoms. The van der Waals surface area contributed by atoms with Crippen LogP contribution in [-0.2, 0) is 6.54 Å². The van der Waals surface area contributed by atoms with Gasteiger partial charge in [0.25, 0.3) is 0 Å². The SMILES string of the molecule is COc1cc(CN(CC2CCCN2)C2CC2)cc(Br)c1O. The second-order valence-electron chi connectivity index (χ2n) is 6.08. The predicted molar refractivity (Wildman–Crippen MR) is 86.8 cm³/mol. The fourth-order valence-corrected chi connectivity index (χ4v) is 3.58. The Hall–Kier alpha value is -0.780. The lowest BCUT2D eigenvalue weighted by Gasteiger charge is -2.26. The first-order valence-electron chi connectivity index (χ1n) is 7.70. The van der Waals surface area contributed by atoms with Gasteiger partial charge in [-0.05, 0) is 65.9 Å². The van der Waals surface area contributed by atoms with Crippen LogP contribution in [0.1, 0.15) is 31.2 Å². The number of phenols is 1. The molecule has 1 aromatic carbocycles. The fourth-order valence-electron chi connectivity index (χ4n) is 3.09. The summed E-state index contributed by atoms with van der Waals surface area (Å²) in [4.78, 5) is 2.57. The number of halogens is 1. The maximum atomic E-state index is 9.91. The molecule has 0 spiro atoms. The number of hydrogen-bond acceptors (Lipinski definition) is 4. The Morgan fingerprint density at radius 3 is 2.81 bits per heavy atom. The lowest BCUT2D eigenvalue weighted by Crippen LogP contribution is -2.38. The molecular formula is C16H23BrN2O2. The lowest BCUT2D eigenvalue weighted by molar-refractivity contribution is 0.230. The van der Waals surface area contributed by atoms with Crippen LogP contribution in [0.5, 0.6) is 11.5 Å². The molecule has 21 heavy (non-hydrogen) atoms. The van der Waals surface area contributed by atoms with Gasteiger partial charge in [-0.3, -0.25) is 4.90 Å². The number of ether oxygens (including phenoxy) is 1. The van der Waals surface area contributed by atoms with Crippen molar-refractivity contribution in [3.8, 4) is 11.5 Å². The van der Waals surface area contributed by atoms with E-state index in [1.807, 2.05) is 12.1 Å². The first-order chi connectivity index (χ1) is 10.2. The van der Waals surface area contributed by atoms with Crippen LogP contribution < -0.4 is 10.1 Å². The zero-order valence-electron chi connectivity index (χ0n) is 12.4. The first kappa shape index (κ1) is 15.1. The summed E-state index contributed by atoms with van der Waals surface area (Å²) in [6, 6.07) is 5.30. The fraction of sp³-hybridized carbons (Fsp3) is 0.625. The minimum absolute atomic E-state index is 0.177. The Morgan fingerprint density at radius 1 is 1.38 bits per heavy atom. The molecule has 3 rings (SSSR count). The van der Waals surface area contributed by atoms with E-state index in [0.717, 1.165) is 25.7 Å². The van der Waals surface area contributed by atoms with Crippen molar-refractivity contribution < 1.29 is 9.84 Å². The van der Waals surface area contributed by atoms with Crippen molar-refractivity contribution in [1.29, 1.82) is 0 Å². The number of phenolic OH excluding ortho intramolecular Hbond substituents is 1. The van der Waals surface area contributed by atoms with Crippen molar-refractivity contribution in [1.82, 2.24) is 10.2 Å². The minimum atomic E-state index is 0.177. The summed E-state index contributed by atoms with van der Waals surface area (Å²) in [5, 5.41) is 13.5. The van der Waals surface area contributed by atoms with Crippen LogP contribution >= 0.6 is 15.9 Å². The molecule has 0 aromatic heterocycles. The highest BCUT2D eigenvalue weighted by Crippen LogP contribution is 2.36. The van der Waals surface area contributed by atoms with E-state index >= 15 is 0 Å². The van der Waals surface area contributed by atoms with Gasteiger partial charge in [-0.25, -0.2) is 0 Å². The highest BCUT2D eigenvalue weighted by atomic mass is 79.9. The van der Waals surface area contributed by atoms with E-state index in [4.69, 9.17) is 4.74 Å². The third-order valence-corrected chi connectivity index (χ3v) is 4.98. The highest BCUT2D eigenvalue weighted by Gasteiger charge is 2.31. The topological polar surface area (TPSA) is 44.7 Å². The molecule has 1 atom stereocenters. The Morgan fingerprint density at radius 2 is 2.19 bits per heavy atom. The molecule has 2 fully saturated rings. The standard InChI is InChI=1S/C16H23BrN2O2/c1-21-15-8-11(7-14(17)16(15)20)9-19(13-4-5-13)10-12-3-2-6-18-12/h7-8,12-13,18,20H,2-6,9-10H2,1H3. The van der Waals surface area contributed by atoms with Crippen LogP contribution in [0.4, 0.5) is 0 Å². The van der Waals surface area contributed by atoms with E-state index in [2.05, 4.69) is 26.1 Å². The molecular weight excluding hydrogens is 332 g/mol. The number of aromatic hydroxyl groups is 1.